The normalized spacial score (nSPS) is 10.3. The van der Waals surface area contributed by atoms with E-state index >= 15 is 0 Å². The van der Waals surface area contributed by atoms with Crippen LogP contribution in [0.4, 0.5) is 4.79 Å². The van der Waals surface area contributed by atoms with Crippen LogP contribution in [0.15, 0.2) is 24.5 Å². The summed E-state index contributed by atoms with van der Waals surface area (Å²) in [6.07, 6.45) is 1.88. The van der Waals surface area contributed by atoms with Gasteiger partial charge in [-0.15, -0.1) is 4.68 Å². The second-order valence-corrected chi connectivity index (χ2v) is 2.26. The third-order valence-corrected chi connectivity index (χ3v) is 1.51. The average Bonchev–Trinajstić information content (AvgIpc) is 2.47. The average molecular weight is 163 g/mol. The predicted molar refractivity (Wildman–Crippen MR) is 41.0 cm³/mol. The van der Waals surface area contributed by atoms with E-state index in [0.29, 0.717) is 5.65 Å². The Morgan fingerprint density at radius 3 is 3.17 bits per heavy atom. The summed E-state index contributed by atoms with van der Waals surface area (Å²) in [7, 11) is 0. The van der Waals surface area contributed by atoms with Gasteiger partial charge in [-0.1, -0.05) is 0 Å². The summed E-state index contributed by atoms with van der Waals surface area (Å²) in [6.45, 7) is 0. The van der Waals surface area contributed by atoms with Crippen molar-refractivity contribution in [1.29, 1.82) is 0 Å². The maximum Gasteiger partial charge on any atom is 0.434 e. The van der Waals surface area contributed by atoms with Crippen molar-refractivity contribution < 1.29 is 9.90 Å². The zero-order valence-corrected chi connectivity index (χ0v) is 6.01. The van der Waals surface area contributed by atoms with Gasteiger partial charge in [0.2, 0.25) is 0 Å². The van der Waals surface area contributed by atoms with Crippen LogP contribution >= 0.6 is 0 Å². The number of rotatable bonds is 0. The van der Waals surface area contributed by atoms with E-state index < -0.39 is 6.09 Å². The lowest BCUT2D eigenvalue weighted by atomic mass is 10.4. The monoisotopic (exact) mass is 163 g/mol. The smallest absolute Gasteiger partial charge is 0.434 e. The second-order valence-electron chi connectivity index (χ2n) is 2.26. The first-order valence-corrected chi connectivity index (χ1v) is 3.31. The highest BCUT2D eigenvalue weighted by Crippen LogP contribution is 2.08. The molecule has 0 amide bonds. The molecule has 12 heavy (non-hydrogen) atoms. The number of aromatic nitrogens is 3. The van der Waals surface area contributed by atoms with Gasteiger partial charge in [0.05, 0.1) is 6.20 Å². The maximum absolute atomic E-state index is 10.5. The lowest BCUT2D eigenvalue weighted by Gasteiger charge is -1.91. The molecule has 60 valence electrons. The summed E-state index contributed by atoms with van der Waals surface area (Å²) < 4.78 is 0.843. The van der Waals surface area contributed by atoms with Crippen LogP contribution in [-0.4, -0.2) is 26.0 Å². The van der Waals surface area contributed by atoms with E-state index in [1.165, 1.54) is 12.4 Å². The minimum absolute atomic E-state index is 0.366. The number of nitrogens with zero attached hydrogens (tertiary/aromatic N) is 3. The van der Waals surface area contributed by atoms with Crippen molar-refractivity contribution in [2.24, 2.45) is 0 Å². The van der Waals surface area contributed by atoms with Crippen molar-refractivity contribution >= 4 is 17.1 Å². The quantitative estimate of drug-likeness (QED) is 0.628. The van der Waals surface area contributed by atoms with Gasteiger partial charge in [-0.25, -0.2) is 9.78 Å². The van der Waals surface area contributed by atoms with Gasteiger partial charge in [0.25, 0.3) is 0 Å². The summed E-state index contributed by atoms with van der Waals surface area (Å²) in [5.41, 5.74) is 0.366. The number of fused-ring (bicyclic) bond motifs is 1. The van der Waals surface area contributed by atoms with Crippen LogP contribution in [0, 0.1) is 0 Å². The standard InChI is InChI=1S/C7H5N3O2/c11-7(12)10-6-5(4-9-10)2-1-3-8-6/h1-4H,(H,11,12). The molecule has 0 saturated heterocycles. The molecular formula is C7H5N3O2. The molecular weight excluding hydrogens is 158 g/mol. The highest BCUT2D eigenvalue weighted by atomic mass is 16.4. The van der Waals surface area contributed by atoms with Crippen LogP contribution < -0.4 is 0 Å². The van der Waals surface area contributed by atoms with Crippen LogP contribution in [0.1, 0.15) is 0 Å². The molecule has 0 bridgehead atoms. The first kappa shape index (κ1) is 6.78. The number of carboxylic acid groups (broad SMARTS) is 1. The van der Waals surface area contributed by atoms with E-state index in [4.69, 9.17) is 5.11 Å². The lowest BCUT2D eigenvalue weighted by Crippen LogP contribution is -2.09. The fourth-order valence-electron chi connectivity index (χ4n) is 1.00. The van der Waals surface area contributed by atoms with Gasteiger partial charge >= 0.3 is 6.09 Å². The SMILES string of the molecule is O=C(O)n1ncc2cccnc21. The first-order valence-electron chi connectivity index (χ1n) is 3.31. The topological polar surface area (TPSA) is 68.0 Å². The summed E-state index contributed by atoms with van der Waals surface area (Å²) in [4.78, 5) is 14.4. The Labute approximate surface area is 67.3 Å². The lowest BCUT2D eigenvalue weighted by molar-refractivity contribution is 0.194. The summed E-state index contributed by atoms with van der Waals surface area (Å²) in [5, 5.41) is 13.0. The van der Waals surface area contributed by atoms with E-state index in [2.05, 4.69) is 10.1 Å². The Bertz CT molecular complexity index is 435. The molecule has 2 rings (SSSR count). The number of hydrogen-bond donors (Lipinski definition) is 1. The summed E-state index contributed by atoms with van der Waals surface area (Å²) >= 11 is 0. The fraction of sp³-hybridized carbons (Fsp3) is 0. The number of carbonyl (C=O) groups is 1. The van der Waals surface area contributed by atoms with E-state index in [0.717, 1.165) is 10.1 Å². The van der Waals surface area contributed by atoms with Gasteiger partial charge < -0.3 is 5.11 Å². The summed E-state index contributed by atoms with van der Waals surface area (Å²) in [6, 6.07) is 3.49. The van der Waals surface area contributed by atoms with E-state index in [9.17, 15) is 4.79 Å². The molecule has 0 atom stereocenters. The van der Waals surface area contributed by atoms with Gasteiger partial charge in [0.1, 0.15) is 0 Å². The first-order chi connectivity index (χ1) is 5.79. The molecule has 0 unspecified atom stereocenters. The molecule has 0 spiro atoms. The van der Waals surface area contributed by atoms with Crippen LogP contribution in [0.3, 0.4) is 0 Å². The largest absolute Gasteiger partial charge is 0.463 e. The minimum atomic E-state index is -1.12. The Balaban J connectivity index is 2.79. The fourth-order valence-corrected chi connectivity index (χ4v) is 1.00. The van der Waals surface area contributed by atoms with Gasteiger partial charge in [-0.05, 0) is 12.1 Å². The van der Waals surface area contributed by atoms with Crippen molar-refractivity contribution in [2.45, 2.75) is 0 Å². The highest BCUT2D eigenvalue weighted by Gasteiger charge is 2.07. The van der Waals surface area contributed by atoms with Crippen LogP contribution in [-0.2, 0) is 0 Å². The number of hydrogen-bond acceptors (Lipinski definition) is 3. The molecule has 0 aliphatic rings. The molecule has 0 saturated carbocycles. The van der Waals surface area contributed by atoms with Crippen molar-refractivity contribution in [1.82, 2.24) is 14.8 Å². The molecule has 0 aromatic carbocycles. The molecule has 0 fully saturated rings. The Morgan fingerprint density at radius 1 is 1.58 bits per heavy atom. The zero-order chi connectivity index (χ0) is 8.55. The predicted octanol–water partition coefficient (Wildman–Crippen LogP) is 0.957. The molecule has 1 N–H and O–H groups in total. The van der Waals surface area contributed by atoms with Gasteiger partial charge in [-0.2, -0.15) is 5.10 Å². The van der Waals surface area contributed by atoms with E-state index in [-0.39, 0.29) is 0 Å². The molecule has 0 radical (unpaired) electrons. The second kappa shape index (κ2) is 2.30. The Kier molecular flexibility index (Phi) is 1.30. The minimum Gasteiger partial charge on any atom is -0.463 e. The third kappa shape index (κ3) is 0.833. The highest BCUT2D eigenvalue weighted by molar-refractivity contribution is 5.83. The van der Waals surface area contributed by atoms with Crippen molar-refractivity contribution in [3.63, 3.8) is 0 Å². The molecule has 2 aromatic rings. The Hall–Kier alpha value is -1.91. The van der Waals surface area contributed by atoms with Crippen LogP contribution in [0.5, 0.6) is 0 Å². The summed E-state index contributed by atoms with van der Waals surface area (Å²) in [5.74, 6) is 0. The van der Waals surface area contributed by atoms with Crippen molar-refractivity contribution in [3.8, 4) is 0 Å². The van der Waals surface area contributed by atoms with Crippen LogP contribution in [0.25, 0.3) is 11.0 Å². The molecule has 5 heteroatoms. The Morgan fingerprint density at radius 2 is 2.42 bits per heavy atom. The molecule has 5 nitrogen and oxygen atoms in total. The van der Waals surface area contributed by atoms with Crippen LogP contribution in [0.2, 0.25) is 0 Å². The van der Waals surface area contributed by atoms with Gasteiger partial charge in [-0.3, -0.25) is 0 Å². The number of pyridine rings is 1. The molecule has 2 aromatic heterocycles. The van der Waals surface area contributed by atoms with Crippen molar-refractivity contribution in [3.05, 3.63) is 24.5 Å². The third-order valence-electron chi connectivity index (χ3n) is 1.51. The van der Waals surface area contributed by atoms with Gasteiger partial charge in [0.15, 0.2) is 5.65 Å². The molecule has 0 aliphatic carbocycles. The molecule has 0 aliphatic heterocycles. The molecule has 2 heterocycles. The van der Waals surface area contributed by atoms with E-state index in [1.54, 1.807) is 12.1 Å². The van der Waals surface area contributed by atoms with Gasteiger partial charge in [0, 0.05) is 11.6 Å². The zero-order valence-electron chi connectivity index (χ0n) is 6.01. The maximum atomic E-state index is 10.5. The van der Waals surface area contributed by atoms with E-state index in [1.807, 2.05) is 0 Å². The van der Waals surface area contributed by atoms with Crippen molar-refractivity contribution in [2.75, 3.05) is 0 Å².